The van der Waals surface area contributed by atoms with Gasteiger partial charge in [0.15, 0.2) is 0 Å². The molecule has 0 aromatic heterocycles. The maximum Gasteiger partial charge on any atom is 0.290 e. The summed E-state index contributed by atoms with van der Waals surface area (Å²) in [6.07, 6.45) is 0. The fourth-order valence-corrected chi connectivity index (χ4v) is 5.45. The molecule has 0 unspecified atom stereocenters. The summed E-state index contributed by atoms with van der Waals surface area (Å²) in [4.78, 5) is 40.3. The molecule has 1 saturated heterocycles. The van der Waals surface area contributed by atoms with Crippen molar-refractivity contribution >= 4 is 80.9 Å². The van der Waals surface area contributed by atoms with Gasteiger partial charge in [0.05, 0.1) is 32.8 Å². The van der Waals surface area contributed by atoms with Gasteiger partial charge in [-0.2, -0.15) is 0 Å². The molecule has 2 heterocycles. The second kappa shape index (κ2) is 9.38. The molecule has 0 radical (unpaired) electrons. The molecule has 5 rings (SSSR count). The lowest BCUT2D eigenvalue weighted by molar-refractivity contribution is -0.116. The van der Waals surface area contributed by atoms with Crippen LogP contribution in [0.15, 0.2) is 76.5 Å². The number of nitrogens with zero attached hydrogens (tertiary/aromatic N) is 1. The number of hydrogen-bond acceptors (Lipinski definition) is 6. The van der Waals surface area contributed by atoms with Gasteiger partial charge in [-0.15, -0.1) is 0 Å². The van der Waals surface area contributed by atoms with E-state index in [0.717, 1.165) is 27.9 Å². The summed E-state index contributed by atoms with van der Waals surface area (Å²) in [6, 6.07) is 20.4. The van der Waals surface area contributed by atoms with Crippen molar-refractivity contribution < 1.29 is 14.4 Å². The molecule has 10 heteroatoms. The number of carbonyl (C=O) groups excluding carboxylic acids is 3. The molecule has 170 valence electrons. The van der Waals surface area contributed by atoms with Crippen molar-refractivity contribution in [2.45, 2.75) is 11.4 Å². The fourth-order valence-electron chi connectivity index (χ4n) is 3.67. The van der Waals surface area contributed by atoms with Crippen LogP contribution in [0.1, 0.15) is 11.1 Å². The Morgan fingerprint density at radius 2 is 1.74 bits per heavy atom. The van der Waals surface area contributed by atoms with Crippen molar-refractivity contribution in [3.8, 4) is 0 Å². The maximum absolute atomic E-state index is 13.5. The van der Waals surface area contributed by atoms with Gasteiger partial charge in [0.1, 0.15) is 0 Å². The summed E-state index contributed by atoms with van der Waals surface area (Å²) in [5.74, 6) is -0.923. The molecule has 3 amide bonds. The highest BCUT2D eigenvalue weighted by molar-refractivity contribution is 8.18. The van der Waals surface area contributed by atoms with Gasteiger partial charge in [-0.25, -0.2) is 0 Å². The largest absolute Gasteiger partial charge is 0.326 e. The number of nitrogens with one attached hydrogen (secondary N) is 2. The summed E-state index contributed by atoms with van der Waals surface area (Å²) in [7, 11) is 0. The number of anilines is 2. The Bertz CT molecular complexity index is 1380. The van der Waals surface area contributed by atoms with Crippen LogP contribution < -0.4 is 14.9 Å². The van der Waals surface area contributed by atoms with E-state index in [9.17, 15) is 14.4 Å². The number of carbonyl (C=O) groups is 3. The highest BCUT2D eigenvalue weighted by atomic mass is 35.5. The number of halogens is 2. The summed E-state index contributed by atoms with van der Waals surface area (Å²) in [6.45, 7) is 0.231. The van der Waals surface area contributed by atoms with Crippen molar-refractivity contribution in [3.05, 3.63) is 92.8 Å². The number of fused-ring (bicyclic) bond motifs is 1. The van der Waals surface area contributed by atoms with Gasteiger partial charge in [0.2, 0.25) is 0 Å². The molecule has 34 heavy (non-hydrogen) atoms. The average molecular weight is 528 g/mol. The van der Waals surface area contributed by atoms with Crippen LogP contribution in [0.2, 0.25) is 10.0 Å². The van der Waals surface area contributed by atoms with Crippen molar-refractivity contribution in [1.82, 2.24) is 5.32 Å². The first kappa shape index (κ1) is 22.9. The fraction of sp³-hybridized carbons (Fsp3) is 0.0417. The minimum atomic E-state index is -0.568. The van der Waals surface area contributed by atoms with Crippen LogP contribution in [-0.2, 0) is 16.1 Å². The predicted octanol–water partition coefficient (Wildman–Crippen LogP) is 6.35. The van der Waals surface area contributed by atoms with Crippen LogP contribution in [0, 0.1) is 0 Å². The van der Waals surface area contributed by atoms with E-state index in [4.69, 9.17) is 23.2 Å². The van der Waals surface area contributed by atoms with E-state index >= 15 is 0 Å². The minimum Gasteiger partial charge on any atom is -0.326 e. The van der Waals surface area contributed by atoms with E-state index in [1.807, 2.05) is 48.5 Å². The number of hydrogen-bond donors (Lipinski definition) is 2. The van der Waals surface area contributed by atoms with Crippen LogP contribution in [0.5, 0.6) is 0 Å². The summed E-state index contributed by atoms with van der Waals surface area (Å²) < 4.78 is 3.26. The average Bonchev–Trinajstić information content (AvgIpc) is 3.29. The molecule has 2 N–H and O–H groups in total. The number of benzene rings is 3. The zero-order valence-electron chi connectivity index (χ0n) is 17.3. The lowest BCUT2D eigenvalue weighted by Gasteiger charge is -2.18. The quantitative estimate of drug-likeness (QED) is 0.297. The lowest BCUT2D eigenvalue weighted by Crippen LogP contribution is -2.26. The van der Waals surface area contributed by atoms with Crippen LogP contribution in [0.4, 0.5) is 16.2 Å². The summed E-state index contributed by atoms with van der Waals surface area (Å²) >= 11 is 14.3. The Morgan fingerprint density at radius 3 is 2.44 bits per heavy atom. The second-order valence-electron chi connectivity index (χ2n) is 7.44. The Labute approximate surface area is 213 Å². The van der Waals surface area contributed by atoms with Gasteiger partial charge in [0, 0.05) is 16.1 Å². The van der Waals surface area contributed by atoms with E-state index in [1.165, 1.54) is 11.9 Å². The third-order valence-corrected chi connectivity index (χ3v) is 7.66. The number of para-hydroxylation sites is 1. The maximum atomic E-state index is 13.5. The zero-order valence-corrected chi connectivity index (χ0v) is 20.4. The molecule has 0 aliphatic carbocycles. The molecule has 3 aromatic rings. The molecule has 0 saturated carbocycles. The highest BCUT2D eigenvalue weighted by Crippen LogP contribution is 2.44. The molecule has 0 spiro atoms. The van der Waals surface area contributed by atoms with Crippen LogP contribution in [0.25, 0.3) is 5.57 Å². The van der Waals surface area contributed by atoms with Crippen molar-refractivity contribution in [2.24, 2.45) is 0 Å². The molecule has 0 atom stereocenters. The molecule has 3 aromatic carbocycles. The van der Waals surface area contributed by atoms with Gasteiger partial charge < -0.3 is 9.62 Å². The molecule has 6 nitrogen and oxygen atoms in total. The van der Waals surface area contributed by atoms with Crippen molar-refractivity contribution in [1.29, 1.82) is 0 Å². The Morgan fingerprint density at radius 1 is 0.941 bits per heavy atom. The molecule has 0 bridgehead atoms. The molecular formula is C24H15Cl2N3O3S2. The predicted molar refractivity (Wildman–Crippen MR) is 138 cm³/mol. The number of rotatable bonds is 5. The Hall–Kier alpha value is -2.91. The van der Waals surface area contributed by atoms with E-state index in [1.54, 1.807) is 23.1 Å². The molecule has 1 fully saturated rings. The van der Waals surface area contributed by atoms with Gasteiger partial charge in [-0.3, -0.25) is 19.7 Å². The summed E-state index contributed by atoms with van der Waals surface area (Å²) in [5.41, 5.74) is 3.17. The number of thioether (sulfide) groups is 1. The highest BCUT2D eigenvalue weighted by Gasteiger charge is 2.40. The van der Waals surface area contributed by atoms with E-state index in [0.29, 0.717) is 21.3 Å². The lowest BCUT2D eigenvalue weighted by atomic mass is 10.1. The van der Waals surface area contributed by atoms with Crippen molar-refractivity contribution in [2.75, 3.05) is 9.62 Å². The normalized spacial score (nSPS) is 17.2. The monoisotopic (exact) mass is 527 g/mol. The first-order valence-electron chi connectivity index (χ1n) is 10.1. The van der Waals surface area contributed by atoms with E-state index in [-0.39, 0.29) is 22.9 Å². The van der Waals surface area contributed by atoms with Gasteiger partial charge in [-0.05, 0) is 71.7 Å². The third-order valence-electron chi connectivity index (χ3n) is 5.22. The Balaban J connectivity index is 1.53. The Kier molecular flexibility index (Phi) is 6.31. The SMILES string of the molecule is O=C1NC(=O)/C(=C2/C(=O)N(Cc3ccc(Cl)c(Cl)c3)c3ccc(SNc4ccccc4)cc32)S1. The molecular weight excluding hydrogens is 513 g/mol. The minimum absolute atomic E-state index is 0.103. The number of amides is 3. The zero-order chi connectivity index (χ0) is 23.8. The number of imide groups is 1. The van der Waals surface area contributed by atoms with Crippen molar-refractivity contribution in [3.63, 3.8) is 0 Å². The van der Waals surface area contributed by atoms with Gasteiger partial charge >= 0.3 is 0 Å². The van der Waals surface area contributed by atoms with Crippen LogP contribution >= 0.6 is 46.9 Å². The van der Waals surface area contributed by atoms with E-state index in [2.05, 4.69) is 10.0 Å². The third kappa shape index (κ3) is 4.42. The molecule has 2 aliphatic rings. The van der Waals surface area contributed by atoms with Gasteiger partial charge in [0.25, 0.3) is 17.1 Å². The second-order valence-corrected chi connectivity index (χ2v) is 10.1. The van der Waals surface area contributed by atoms with E-state index < -0.39 is 11.1 Å². The van der Waals surface area contributed by atoms with Gasteiger partial charge in [-0.1, -0.05) is 47.5 Å². The smallest absolute Gasteiger partial charge is 0.290 e. The topological polar surface area (TPSA) is 78.5 Å². The first-order valence-corrected chi connectivity index (χ1v) is 12.4. The van der Waals surface area contributed by atoms with Crippen LogP contribution in [0.3, 0.4) is 0 Å². The summed E-state index contributed by atoms with van der Waals surface area (Å²) in [5, 5.41) is 2.55. The standard InChI is InChI=1S/C24H15Cl2N3O3S2/c25-17-8-6-13(10-18(17)26)12-29-19-9-7-15(34-28-14-4-2-1-3-5-14)11-16(19)20(23(29)31)21-22(30)27-24(32)33-21/h1-11,28H,12H2,(H,27,30,32)/b21-20-. The van der Waals surface area contributed by atoms with Crippen LogP contribution in [-0.4, -0.2) is 17.1 Å². The first-order chi connectivity index (χ1) is 16.4. The molecule has 2 aliphatic heterocycles.